The van der Waals surface area contributed by atoms with E-state index < -0.39 is 0 Å². The Bertz CT molecular complexity index is 1410. The SMILES string of the molecule is CC(=O)Cc1cncc(-c2cc(NCc3ccccc3)c3c(-c4ccccc4)ccn3n2)c1. The highest BCUT2D eigenvalue weighted by Crippen LogP contribution is 2.33. The van der Waals surface area contributed by atoms with E-state index in [4.69, 9.17) is 5.10 Å². The first-order chi connectivity index (χ1) is 16.2. The topological polar surface area (TPSA) is 59.3 Å². The second kappa shape index (κ2) is 9.09. The molecule has 0 aliphatic rings. The fraction of sp³-hybridized carbons (Fsp3) is 0.107. The Kier molecular flexibility index (Phi) is 5.68. The van der Waals surface area contributed by atoms with Gasteiger partial charge in [-0.3, -0.25) is 9.78 Å². The zero-order valence-electron chi connectivity index (χ0n) is 18.4. The van der Waals surface area contributed by atoms with Gasteiger partial charge in [-0.1, -0.05) is 60.7 Å². The molecule has 3 heterocycles. The van der Waals surface area contributed by atoms with Crippen LogP contribution in [-0.2, 0) is 17.8 Å². The second-order valence-corrected chi connectivity index (χ2v) is 8.13. The minimum atomic E-state index is 0.112. The molecule has 162 valence electrons. The highest BCUT2D eigenvalue weighted by molar-refractivity contribution is 5.91. The number of carbonyl (C=O) groups excluding carboxylic acids is 1. The maximum Gasteiger partial charge on any atom is 0.134 e. The Morgan fingerprint density at radius 3 is 2.39 bits per heavy atom. The lowest BCUT2D eigenvalue weighted by molar-refractivity contribution is -0.116. The monoisotopic (exact) mass is 432 g/mol. The molecular formula is C28H24N4O. The van der Waals surface area contributed by atoms with Crippen molar-refractivity contribution >= 4 is 17.0 Å². The van der Waals surface area contributed by atoms with Crippen LogP contribution in [0.25, 0.3) is 27.9 Å². The number of hydrogen-bond donors (Lipinski definition) is 1. The van der Waals surface area contributed by atoms with Crippen LogP contribution in [0.1, 0.15) is 18.1 Å². The standard InChI is InChI=1S/C28H24N4O/c1-20(33)14-22-15-24(19-29-17-22)26-16-27(30-18-21-8-4-2-5-9-21)28-25(12-13-32(28)31-26)23-10-6-3-7-11-23/h2-13,15-17,19,30H,14,18H2,1H3. The molecule has 0 fully saturated rings. The van der Waals surface area contributed by atoms with Crippen molar-refractivity contribution in [2.24, 2.45) is 0 Å². The predicted octanol–water partition coefficient (Wildman–Crippen LogP) is 5.81. The fourth-order valence-electron chi connectivity index (χ4n) is 4.06. The number of carbonyl (C=O) groups is 1. The van der Waals surface area contributed by atoms with Crippen molar-refractivity contribution < 1.29 is 4.79 Å². The minimum Gasteiger partial charge on any atom is -0.379 e. The molecule has 0 saturated heterocycles. The number of pyridine rings is 1. The summed E-state index contributed by atoms with van der Waals surface area (Å²) in [6, 6.07) is 26.8. The van der Waals surface area contributed by atoms with Crippen molar-refractivity contribution in [2.75, 3.05) is 5.32 Å². The van der Waals surface area contributed by atoms with Crippen molar-refractivity contribution in [3.63, 3.8) is 0 Å². The van der Waals surface area contributed by atoms with E-state index in [1.165, 1.54) is 5.56 Å². The lowest BCUT2D eigenvalue weighted by Crippen LogP contribution is -2.04. The lowest BCUT2D eigenvalue weighted by Gasteiger charge is -2.13. The van der Waals surface area contributed by atoms with Crippen molar-refractivity contribution in [3.8, 4) is 22.4 Å². The molecule has 5 rings (SSSR count). The summed E-state index contributed by atoms with van der Waals surface area (Å²) in [4.78, 5) is 15.9. The molecule has 0 bridgehead atoms. The largest absolute Gasteiger partial charge is 0.379 e. The maximum atomic E-state index is 11.6. The lowest BCUT2D eigenvalue weighted by atomic mass is 10.0. The summed E-state index contributed by atoms with van der Waals surface area (Å²) >= 11 is 0. The van der Waals surface area contributed by atoms with Crippen LogP contribution in [-0.4, -0.2) is 20.4 Å². The molecule has 3 aromatic heterocycles. The Morgan fingerprint density at radius 2 is 1.64 bits per heavy atom. The van der Waals surface area contributed by atoms with Crippen molar-refractivity contribution in [1.82, 2.24) is 14.6 Å². The highest BCUT2D eigenvalue weighted by atomic mass is 16.1. The zero-order chi connectivity index (χ0) is 22.6. The molecule has 5 heteroatoms. The van der Waals surface area contributed by atoms with E-state index in [0.29, 0.717) is 13.0 Å². The number of rotatable bonds is 7. The molecule has 0 atom stereocenters. The number of aromatic nitrogens is 3. The van der Waals surface area contributed by atoms with Crippen LogP contribution in [0.4, 0.5) is 5.69 Å². The van der Waals surface area contributed by atoms with Gasteiger partial charge in [-0.05, 0) is 41.8 Å². The molecule has 5 nitrogen and oxygen atoms in total. The van der Waals surface area contributed by atoms with Gasteiger partial charge in [-0.15, -0.1) is 0 Å². The van der Waals surface area contributed by atoms with Crippen LogP contribution < -0.4 is 5.32 Å². The third-order valence-electron chi connectivity index (χ3n) is 5.57. The molecule has 5 aromatic rings. The molecule has 0 unspecified atom stereocenters. The molecule has 0 aliphatic carbocycles. The van der Waals surface area contributed by atoms with E-state index >= 15 is 0 Å². The van der Waals surface area contributed by atoms with E-state index in [2.05, 4.69) is 46.7 Å². The highest BCUT2D eigenvalue weighted by Gasteiger charge is 2.14. The number of Topliss-reactive ketones (excluding diaryl/α,β-unsaturated/α-hetero) is 1. The minimum absolute atomic E-state index is 0.112. The number of benzene rings is 2. The third-order valence-corrected chi connectivity index (χ3v) is 5.57. The summed E-state index contributed by atoms with van der Waals surface area (Å²) in [5.74, 6) is 0.112. The summed E-state index contributed by atoms with van der Waals surface area (Å²) in [6.45, 7) is 2.29. The molecule has 0 radical (unpaired) electrons. The van der Waals surface area contributed by atoms with E-state index in [-0.39, 0.29) is 5.78 Å². The number of nitrogens with zero attached hydrogens (tertiary/aromatic N) is 3. The second-order valence-electron chi connectivity index (χ2n) is 8.13. The average molecular weight is 433 g/mol. The van der Waals surface area contributed by atoms with Crippen LogP contribution >= 0.6 is 0 Å². The first-order valence-electron chi connectivity index (χ1n) is 11.0. The Labute approximate surface area is 192 Å². The van der Waals surface area contributed by atoms with Crippen LogP contribution in [0.3, 0.4) is 0 Å². The van der Waals surface area contributed by atoms with E-state index in [1.54, 1.807) is 19.3 Å². The van der Waals surface area contributed by atoms with Gasteiger partial charge in [0.2, 0.25) is 0 Å². The zero-order valence-corrected chi connectivity index (χ0v) is 18.4. The van der Waals surface area contributed by atoms with Gasteiger partial charge in [0.1, 0.15) is 5.78 Å². The Morgan fingerprint density at radius 1 is 0.879 bits per heavy atom. The van der Waals surface area contributed by atoms with Crippen molar-refractivity contribution in [2.45, 2.75) is 19.9 Å². The summed E-state index contributed by atoms with van der Waals surface area (Å²) < 4.78 is 1.92. The van der Waals surface area contributed by atoms with E-state index in [0.717, 1.165) is 39.2 Å². The van der Waals surface area contributed by atoms with Gasteiger partial charge in [0.05, 0.1) is 16.9 Å². The number of nitrogens with one attached hydrogen (secondary N) is 1. The Balaban J connectivity index is 1.61. The molecule has 0 spiro atoms. The van der Waals surface area contributed by atoms with Crippen LogP contribution in [0, 0.1) is 0 Å². The number of anilines is 1. The Hall–Kier alpha value is -4.25. The van der Waals surface area contributed by atoms with Crippen LogP contribution in [0.2, 0.25) is 0 Å². The van der Waals surface area contributed by atoms with Gasteiger partial charge >= 0.3 is 0 Å². The normalized spacial score (nSPS) is 10.9. The molecule has 0 amide bonds. The van der Waals surface area contributed by atoms with Crippen molar-refractivity contribution in [3.05, 3.63) is 109 Å². The predicted molar refractivity (Wildman–Crippen MR) is 132 cm³/mol. The number of fused-ring (bicyclic) bond motifs is 1. The van der Waals surface area contributed by atoms with Gasteiger partial charge in [-0.25, -0.2) is 4.52 Å². The van der Waals surface area contributed by atoms with Gasteiger partial charge < -0.3 is 5.32 Å². The van der Waals surface area contributed by atoms with Crippen molar-refractivity contribution in [1.29, 1.82) is 0 Å². The van der Waals surface area contributed by atoms with Crippen LogP contribution in [0.15, 0.2) is 97.5 Å². The molecule has 2 aromatic carbocycles. The summed E-state index contributed by atoms with van der Waals surface area (Å²) in [7, 11) is 0. The van der Waals surface area contributed by atoms with Gasteiger partial charge in [0.15, 0.2) is 0 Å². The fourth-order valence-corrected chi connectivity index (χ4v) is 4.06. The van der Waals surface area contributed by atoms with Gasteiger partial charge in [-0.2, -0.15) is 5.10 Å². The third kappa shape index (κ3) is 4.53. The quantitative estimate of drug-likeness (QED) is 0.353. The number of hydrogen-bond acceptors (Lipinski definition) is 4. The molecule has 0 aliphatic heterocycles. The first-order valence-corrected chi connectivity index (χ1v) is 11.0. The molecule has 33 heavy (non-hydrogen) atoms. The summed E-state index contributed by atoms with van der Waals surface area (Å²) in [5.41, 5.74) is 8.04. The summed E-state index contributed by atoms with van der Waals surface area (Å²) in [5, 5.41) is 8.50. The van der Waals surface area contributed by atoms with Crippen LogP contribution in [0.5, 0.6) is 0 Å². The summed E-state index contributed by atoms with van der Waals surface area (Å²) in [6.07, 6.45) is 5.88. The number of ketones is 1. The van der Waals surface area contributed by atoms with Gasteiger partial charge in [0, 0.05) is 42.7 Å². The first kappa shape index (κ1) is 20.6. The van der Waals surface area contributed by atoms with Gasteiger partial charge in [0.25, 0.3) is 0 Å². The molecule has 1 N–H and O–H groups in total. The smallest absolute Gasteiger partial charge is 0.134 e. The molecule has 0 saturated carbocycles. The molecular weight excluding hydrogens is 408 g/mol. The van der Waals surface area contributed by atoms with E-state index in [9.17, 15) is 4.79 Å². The average Bonchev–Trinajstić information content (AvgIpc) is 3.28. The van der Waals surface area contributed by atoms with E-state index in [1.807, 2.05) is 53.2 Å². The maximum absolute atomic E-state index is 11.6.